The van der Waals surface area contributed by atoms with Gasteiger partial charge in [0, 0.05) is 12.6 Å². The predicted molar refractivity (Wildman–Crippen MR) is 110 cm³/mol. The minimum absolute atomic E-state index is 0.133. The van der Waals surface area contributed by atoms with Crippen LogP contribution in [-0.4, -0.2) is 80.3 Å². The molecule has 3 rings (SSSR count). The first-order valence-corrected chi connectivity index (χ1v) is 10.9. The number of aliphatic hydroxyl groups is 1. The number of nitrogens with zero attached hydrogens (tertiary/aromatic N) is 2. The Kier molecular flexibility index (Phi) is 6.04. The highest BCUT2D eigenvalue weighted by atomic mass is 16.5. The number of aliphatic hydroxyl groups excluding tert-OH is 1. The fourth-order valence-electron chi connectivity index (χ4n) is 5.97. The van der Waals surface area contributed by atoms with Crippen LogP contribution in [0.5, 0.6) is 0 Å². The molecule has 0 radical (unpaired) electrons. The van der Waals surface area contributed by atoms with E-state index in [1.807, 2.05) is 27.7 Å². The predicted octanol–water partition coefficient (Wildman–Crippen LogP) is 1.42. The zero-order valence-corrected chi connectivity index (χ0v) is 18.3. The van der Waals surface area contributed by atoms with E-state index in [-0.39, 0.29) is 24.5 Å². The molecule has 0 aromatic rings. The lowest BCUT2D eigenvalue weighted by atomic mass is 9.65. The van der Waals surface area contributed by atoms with E-state index in [2.05, 4.69) is 6.58 Å². The summed E-state index contributed by atoms with van der Waals surface area (Å²) >= 11 is 0. The summed E-state index contributed by atoms with van der Waals surface area (Å²) in [7, 11) is 0. The Morgan fingerprint density at radius 1 is 1.37 bits per heavy atom. The minimum atomic E-state index is -1.18. The maximum atomic E-state index is 13.8. The lowest BCUT2D eigenvalue weighted by Gasteiger charge is -2.40. The number of carboxylic acids is 1. The lowest BCUT2D eigenvalue weighted by molar-refractivity contribution is -0.160. The van der Waals surface area contributed by atoms with Gasteiger partial charge in [0.15, 0.2) is 0 Å². The van der Waals surface area contributed by atoms with Crippen LogP contribution in [-0.2, 0) is 19.1 Å². The molecule has 8 nitrogen and oxygen atoms in total. The van der Waals surface area contributed by atoms with Crippen LogP contribution in [0.4, 0.5) is 0 Å². The van der Waals surface area contributed by atoms with Gasteiger partial charge in [-0.2, -0.15) is 0 Å². The van der Waals surface area contributed by atoms with E-state index >= 15 is 0 Å². The lowest BCUT2D eigenvalue weighted by Crippen LogP contribution is -2.59. The van der Waals surface area contributed by atoms with E-state index in [1.54, 1.807) is 11.0 Å². The number of aliphatic carboxylic acids is 1. The van der Waals surface area contributed by atoms with E-state index in [0.29, 0.717) is 32.2 Å². The average molecular weight is 423 g/mol. The van der Waals surface area contributed by atoms with Crippen molar-refractivity contribution in [3.63, 3.8) is 0 Å². The van der Waals surface area contributed by atoms with Crippen LogP contribution < -0.4 is 0 Å². The van der Waals surface area contributed by atoms with Crippen molar-refractivity contribution in [3.8, 4) is 0 Å². The fourth-order valence-corrected chi connectivity index (χ4v) is 5.97. The molecule has 2 bridgehead atoms. The number of likely N-dealkylation sites (tertiary alicyclic amines) is 1. The summed E-state index contributed by atoms with van der Waals surface area (Å²) < 4.78 is 6.48. The molecule has 6 atom stereocenters. The van der Waals surface area contributed by atoms with Crippen molar-refractivity contribution in [3.05, 3.63) is 12.7 Å². The third kappa shape index (κ3) is 2.91. The van der Waals surface area contributed by atoms with Gasteiger partial charge in [-0.25, -0.2) is 0 Å². The zero-order chi connectivity index (χ0) is 22.4. The van der Waals surface area contributed by atoms with Gasteiger partial charge in [0.2, 0.25) is 11.8 Å². The summed E-state index contributed by atoms with van der Waals surface area (Å²) in [4.78, 5) is 42.8. The molecule has 2 amide bonds. The van der Waals surface area contributed by atoms with Crippen molar-refractivity contribution in [1.82, 2.24) is 9.80 Å². The van der Waals surface area contributed by atoms with E-state index in [1.165, 1.54) is 4.90 Å². The number of amides is 2. The topological polar surface area (TPSA) is 107 Å². The molecule has 3 heterocycles. The first kappa shape index (κ1) is 22.7. The molecule has 8 heteroatoms. The highest BCUT2D eigenvalue weighted by Crippen LogP contribution is 2.64. The second-order valence-electron chi connectivity index (χ2n) is 9.03. The molecule has 0 saturated carbocycles. The van der Waals surface area contributed by atoms with E-state index < -0.39 is 41.1 Å². The molecule has 0 aromatic carbocycles. The van der Waals surface area contributed by atoms with E-state index in [4.69, 9.17) is 4.74 Å². The molecule has 0 aliphatic carbocycles. The van der Waals surface area contributed by atoms with Gasteiger partial charge in [0.25, 0.3) is 0 Å². The van der Waals surface area contributed by atoms with Gasteiger partial charge in [-0.05, 0) is 39.5 Å². The number of carboxylic acid groups (broad SMARTS) is 1. The van der Waals surface area contributed by atoms with Gasteiger partial charge in [-0.15, -0.1) is 6.58 Å². The number of ether oxygens (including phenoxy) is 1. The van der Waals surface area contributed by atoms with Crippen LogP contribution >= 0.6 is 0 Å². The van der Waals surface area contributed by atoms with Crippen molar-refractivity contribution >= 4 is 17.8 Å². The third-order valence-electron chi connectivity index (χ3n) is 7.43. The van der Waals surface area contributed by atoms with Gasteiger partial charge < -0.3 is 24.7 Å². The van der Waals surface area contributed by atoms with Crippen molar-refractivity contribution < 1.29 is 29.3 Å². The maximum Gasteiger partial charge on any atom is 0.310 e. The summed E-state index contributed by atoms with van der Waals surface area (Å²) in [6.45, 7) is 11.2. The SMILES string of the molecule is C=CCN(C(=O)C1N([C@@H](CC)CO)C(=O)[C@@H]2[C@H](C(=O)O)[C@]3(CC)CCC12O3)C(C)C. The second kappa shape index (κ2) is 7.96. The molecule has 168 valence electrons. The molecule has 3 saturated heterocycles. The number of carbonyl (C=O) groups is 3. The summed E-state index contributed by atoms with van der Waals surface area (Å²) in [5.41, 5.74) is -2.11. The van der Waals surface area contributed by atoms with Crippen LogP contribution in [0.25, 0.3) is 0 Å². The summed E-state index contributed by atoms with van der Waals surface area (Å²) in [5.74, 6) is -3.64. The smallest absolute Gasteiger partial charge is 0.310 e. The van der Waals surface area contributed by atoms with Gasteiger partial charge in [0.1, 0.15) is 17.6 Å². The molecule has 0 aromatic heterocycles. The Labute approximate surface area is 177 Å². The molecule has 1 spiro atoms. The standard InChI is InChI=1S/C22H34N2O6/c1-6-11-23(13(4)5)19(27)17-22-10-9-21(8-3,30-22)16(20(28)29)15(22)18(26)24(17)14(7-2)12-25/h6,13-17,25H,1,7-12H2,2-5H3,(H,28,29)/t14-,15-,16+,17?,21-,22?/m0/s1. The number of hydrogen-bond donors (Lipinski definition) is 2. The highest BCUT2D eigenvalue weighted by molar-refractivity contribution is 5.98. The maximum absolute atomic E-state index is 13.8. The van der Waals surface area contributed by atoms with Crippen LogP contribution in [0.15, 0.2) is 12.7 Å². The van der Waals surface area contributed by atoms with Gasteiger partial charge in [0.05, 0.1) is 24.2 Å². The number of carbonyl (C=O) groups excluding carboxylic acids is 2. The summed E-state index contributed by atoms with van der Waals surface area (Å²) in [6, 6.07) is -1.66. The van der Waals surface area contributed by atoms with Crippen LogP contribution in [0.2, 0.25) is 0 Å². The number of hydrogen-bond acceptors (Lipinski definition) is 5. The molecule has 30 heavy (non-hydrogen) atoms. The van der Waals surface area contributed by atoms with Crippen LogP contribution in [0.3, 0.4) is 0 Å². The van der Waals surface area contributed by atoms with Crippen molar-refractivity contribution in [2.75, 3.05) is 13.2 Å². The highest BCUT2D eigenvalue weighted by Gasteiger charge is 2.79. The van der Waals surface area contributed by atoms with Gasteiger partial charge in [-0.3, -0.25) is 14.4 Å². The molecule has 2 N–H and O–H groups in total. The molecule has 3 fully saturated rings. The Bertz CT molecular complexity index is 735. The molecular formula is C22H34N2O6. The minimum Gasteiger partial charge on any atom is -0.481 e. The fraction of sp³-hybridized carbons (Fsp3) is 0.773. The first-order valence-electron chi connectivity index (χ1n) is 10.9. The molecular weight excluding hydrogens is 388 g/mol. The Morgan fingerprint density at radius 3 is 2.50 bits per heavy atom. The van der Waals surface area contributed by atoms with E-state index in [0.717, 1.165) is 0 Å². The monoisotopic (exact) mass is 422 g/mol. The molecule has 3 aliphatic rings. The van der Waals surface area contributed by atoms with Crippen LogP contribution in [0, 0.1) is 11.8 Å². The molecule has 2 unspecified atom stereocenters. The summed E-state index contributed by atoms with van der Waals surface area (Å²) in [6.07, 6.45) is 3.51. The normalized spacial score (nSPS) is 35.6. The molecule has 3 aliphatic heterocycles. The van der Waals surface area contributed by atoms with Crippen molar-refractivity contribution in [2.24, 2.45) is 11.8 Å². The largest absolute Gasteiger partial charge is 0.481 e. The van der Waals surface area contributed by atoms with Crippen molar-refractivity contribution in [2.45, 2.75) is 82.7 Å². The first-order chi connectivity index (χ1) is 14.2. The van der Waals surface area contributed by atoms with Crippen molar-refractivity contribution in [1.29, 1.82) is 0 Å². The quantitative estimate of drug-likeness (QED) is 0.544. The Balaban J connectivity index is 2.16. The average Bonchev–Trinajstić information content (AvgIpc) is 3.31. The van der Waals surface area contributed by atoms with Gasteiger partial charge >= 0.3 is 5.97 Å². The summed E-state index contributed by atoms with van der Waals surface area (Å²) in [5, 5.41) is 20.0. The van der Waals surface area contributed by atoms with Crippen LogP contribution in [0.1, 0.15) is 53.4 Å². The van der Waals surface area contributed by atoms with E-state index in [9.17, 15) is 24.6 Å². The zero-order valence-electron chi connectivity index (χ0n) is 18.3. The Morgan fingerprint density at radius 2 is 2.03 bits per heavy atom. The Hall–Kier alpha value is -1.93. The number of rotatable bonds is 9. The number of fused-ring (bicyclic) bond motifs is 1. The third-order valence-corrected chi connectivity index (χ3v) is 7.43. The van der Waals surface area contributed by atoms with Gasteiger partial charge in [-0.1, -0.05) is 19.9 Å². The second-order valence-corrected chi connectivity index (χ2v) is 9.03.